The van der Waals surface area contributed by atoms with Gasteiger partial charge in [0, 0.05) is 12.1 Å². The fraction of sp³-hybridized carbons (Fsp3) is 0.375. The van der Waals surface area contributed by atoms with Crippen molar-refractivity contribution in [3.8, 4) is 5.75 Å². The van der Waals surface area contributed by atoms with Crippen LogP contribution < -0.4 is 4.74 Å². The van der Waals surface area contributed by atoms with Gasteiger partial charge in [-0.15, -0.1) is 0 Å². The van der Waals surface area contributed by atoms with Gasteiger partial charge in [-0.1, -0.05) is 11.3 Å². The van der Waals surface area contributed by atoms with Crippen molar-refractivity contribution in [2.75, 3.05) is 0 Å². The molecule has 4 rings (SSSR count). The van der Waals surface area contributed by atoms with E-state index in [1.54, 1.807) is 11.3 Å². The van der Waals surface area contributed by atoms with Crippen molar-refractivity contribution < 1.29 is 9.53 Å². The quantitative estimate of drug-likeness (QED) is 0.686. The summed E-state index contributed by atoms with van der Waals surface area (Å²) in [5, 5.41) is 0. The lowest BCUT2D eigenvalue weighted by Gasteiger charge is -2.08. The van der Waals surface area contributed by atoms with E-state index in [1.165, 1.54) is 0 Å². The molecule has 0 unspecified atom stereocenters. The van der Waals surface area contributed by atoms with Gasteiger partial charge in [-0.3, -0.25) is 9.20 Å². The summed E-state index contributed by atoms with van der Waals surface area (Å²) in [6, 6.07) is 6.04. The largest absolute Gasteiger partial charge is 0.491 e. The summed E-state index contributed by atoms with van der Waals surface area (Å²) in [5.74, 6) is 1.28. The van der Waals surface area contributed by atoms with Crippen LogP contribution >= 0.6 is 11.3 Å². The van der Waals surface area contributed by atoms with Gasteiger partial charge in [0.1, 0.15) is 11.4 Å². The first-order valence-electron chi connectivity index (χ1n) is 7.24. The van der Waals surface area contributed by atoms with Gasteiger partial charge in [0.2, 0.25) is 0 Å². The molecule has 1 aliphatic rings. The molecular formula is C16H16N2O2S. The number of imidazole rings is 1. The lowest BCUT2D eigenvalue weighted by atomic mass is 10.2. The summed E-state index contributed by atoms with van der Waals surface area (Å²) >= 11 is 1.59. The highest BCUT2D eigenvalue weighted by Gasteiger charge is 2.32. The molecule has 1 aliphatic carbocycles. The van der Waals surface area contributed by atoms with Crippen molar-refractivity contribution >= 4 is 32.3 Å². The summed E-state index contributed by atoms with van der Waals surface area (Å²) in [4.78, 5) is 17.5. The minimum atomic E-state index is 0.161. The summed E-state index contributed by atoms with van der Waals surface area (Å²) < 4.78 is 8.85. The molecule has 1 saturated carbocycles. The number of carbonyl (C=O) groups excluding carboxylic acids is 1. The van der Waals surface area contributed by atoms with Gasteiger partial charge < -0.3 is 4.74 Å². The number of nitrogens with zero attached hydrogens (tertiary/aromatic N) is 2. The number of fused-ring (bicyclic) bond motifs is 3. The van der Waals surface area contributed by atoms with Gasteiger partial charge in [-0.05, 0) is 44.9 Å². The van der Waals surface area contributed by atoms with Gasteiger partial charge in [0.15, 0.2) is 10.7 Å². The van der Waals surface area contributed by atoms with Crippen molar-refractivity contribution in [2.45, 2.75) is 32.8 Å². The van der Waals surface area contributed by atoms with Crippen LogP contribution in [0.4, 0.5) is 0 Å². The molecule has 21 heavy (non-hydrogen) atoms. The van der Waals surface area contributed by atoms with Crippen LogP contribution in [0, 0.1) is 5.92 Å². The highest BCUT2D eigenvalue weighted by atomic mass is 32.1. The van der Waals surface area contributed by atoms with E-state index in [0.29, 0.717) is 5.69 Å². The second kappa shape index (κ2) is 4.56. The molecule has 0 amide bonds. The molecule has 2 heterocycles. The third-order valence-corrected chi connectivity index (χ3v) is 4.66. The number of thiazole rings is 1. The van der Waals surface area contributed by atoms with Crippen LogP contribution in [0.25, 0.3) is 15.2 Å². The lowest BCUT2D eigenvalue weighted by Crippen LogP contribution is -2.05. The first-order chi connectivity index (χ1) is 10.1. The Morgan fingerprint density at radius 3 is 2.95 bits per heavy atom. The van der Waals surface area contributed by atoms with E-state index < -0.39 is 0 Å². The Morgan fingerprint density at radius 1 is 1.43 bits per heavy atom. The van der Waals surface area contributed by atoms with Gasteiger partial charge in [0.05, 0.1) is 16.3 Å². The topological polar surface area (TPSA) is 43.6 Å². The highest BCUT2D eigenvalue weighted by molar-refractivity contribution is 7.23. The Bertz CT molecular complexity index is 843. The molecule has 4 nitrogen and oxygen atoms in total. The summed E-state index contributed by atoms with van der Waals surface area (Å²) in [7, 11) is 0. The highest BCUT2D eigenvalue weighted by Crippen LogP contribution is 2.34. The lowest BCUT2D eigenvalue weighted by molar-refractivity contribution is 0.0963. The van der Waals surface area contributed by atoms with Crippen molar-refractivity contribution in [1.82, 2.24) is 9.38 Å². The van der Waals surface area contributed by atoms with E-state index in [1.807, 2.05) is 42.6 Å². The molecule has 0 spiro atoms. The summed E-state index contributed by atoms with van der Waals surface area (Å²) in [6.07, 6.45) is 4.06. The molecule has 108 valence electrons. The zero-order chi connectivity index (χ0) is 14.6. The third kappa shape index (κ3) is 2.21. The van der Waals surface area contributed by atoms with Gasteiger partial charge in [0.25, 0.3) is 0 Å². The molecule has 5 heteroatoms. The van der Waals surface area contributed by atoms with E-state index in [-0.39, 0.29) is 17.8 Å². The second-order valence-electron chi connectivity index (χ2n) is 5.82. The molecule has 0 saturated heterocycles. The minimum absolute atomic E-state index is 0.161. The Hall–Kier alpha value is -1.88. The monoisotopic (exact) mass is 300 g/mol. The maximum Gasteiger partial charge on any atom is 0.195 e. The molecule has 0 bridgehead atoms. The fourth-order valence-electron chi connectivity index (χ4n) is 2.50. The average molecular weight is 300 g/mol. The number of hydrogen-bond donors (Lipinski definition) is 0. The Labute approximate surface area is 126 Å². The van der Waals surface area contributed by atoms with E-state index in [0.717, 1.165) is 33.8 Å². The van der Waals surface area contributed by atoms with Crippen LogP contribution in [-0.2, 0) is 0 Å². The Balaban J connectivity index is 1.77. The fourth-order valence-corrected chi connectivity index (χ4v) is 3.54. The van der Waals surface area contributed by atoms with Crippen LogP contribution in [0.3, 0.4) is 0 Å². The predicted octanol–water partition coefficient (Wildman–Crippen LogP) is 3.93. The Kier molecular flexibility index (Phi) is 2.79. The number of ether oxygens (including phenoxy) is 1. The average Bonchev–Trinajstić information content (AvgIpc) is 3.11. The molecule has 2 aromatic heterocycles. The first kappa shape index (κ1) is 12.8. The van der Waals surface area contributed by atoms with Crippen molar-refractivity contribution in [3.63, 3.8) is 0 Å². The molecule has 1 aromatic carbocycles. The smallest absolute Gasteiger partial charge is 0.195 e. The predicted molar refractivity (Wildman–Crippen MR) is 83.4 cm³/mol. The number of ketones is 1. The van der Waals surface area contributed by atoms with Crippen molar-refractivity contribution in [2.24, 2.45) is 5.92 Å². The number of hydrogen-bond acceptors (Lipinski definition) is 4. The number of aromatic nitrogens is 2. The number of Topliss-reactive ketones (excluding diaryl/α,β-unsaturated/α-hetero) is 1. The normalized spacial score (nSPS) is 15.2. The van der Waals surface area contributed by atoms with E-state index >= 15 is 0 Å². The van der Waals surface area contributed by atoms with Gasteiger partial charge in [-0.25, -0.2) is 4.98 Å². The number of rotatable bonds is 4. The maximum absolute atomic E-state index is 12.1. The number of carbonyl (C=O) groups is 1. The summed E-state index contributed by atoms with van der Waals surface area (Å²) in [5.41, 5.74) is 1.68. The maximum atomic E-state index is 12.1. The van der Waals surface area contributed by atoms with Crippen LogP contribution in [0.1, 0.15) is 37.2 Å². The van der Waals surface area contributed by atoms with E-state index in [9.17, 15) is 4.79 Å². The van der Waals surface area contributed by atoms with Crippen LogP contribution in [-0.4, -0.2) is 21.3 Å². The molecule has 0 aliphatic heterocycles. The Morgan fingerprint density at radius 2 is 2.24 bits per heavy atom. The molecular weight excluding hydrogens is 284 g/mol. The van der Waals surface area contributed by atoms with E-state index in [2.05, 4.69) is 4.98 Å². The van der Waals surface area contributed by atoms with Gasteiger partial charge in [-0.2, -0.15) is 0 Å². The molecule has 0 N–H and O–H groups in total. The molecule has 1 fully saturated rings. The second-order valence-corrected chi connectivity index (χ2v) is 6.82. The first-order valence-corrected chi connectivity index (χ1v) is 8.06. The molecule has 0 atom stereocenters. The molecule has 3 aromatic rings. The minimum Gasteiger partial charge on any atom is -0.491 e. The van der Waals surface area contributed by atoms with Crippen molar-refractivity contribution in [1.29, 1.82) is 0 Å². The third-order valence-electron chi connectivity index (χ3n) is 3.64. The van der Waals surface area contributed by atoms with Crippen LogP contribution in [0.2, 0.25) is 0 Å². The molecule has 0 radical (unpaired) electrons. The van der Waals surface area contributed by atoms with Crippen molar-refractivity contribution in [3.05, 3.63) is 30.1 Å². The van der Waals surface area contributed by atoms with Crippen LogP contribution in [0.15, 0.2) is 24.4 Å². The zero-order valence-corrected chi connectivity index (χ0v) is 12.8. The SMILES string of the molecule is CC(C)Oc1ccc2c(c1)sc1nc(C(=O)C3CC3)cn12. The van der Waals surface area contributed by atoms with Crippen LogP contribution in [0.5, 0.6) is 5.75 Å². The standard InChI is InChI=1S/C16H16N2O2S/c1-9(2)20-11-5-6-13-14(7-11)21-16-17-12(8-18(13)16)15(19)10-3-4-10/h5-10H,3-4H2,1-2H3. The zero-order valence-electron chi connectivity index (χ0n) is 12.0. The van der Waals surface area contributed by atoms with Gasteiger partial charge >= 0.3 is 0 Å². The summed E-state index contributed by atoms with van der Waals surface area (Å²) in [6.45, 7) is 4.03. The van der Waals surface area contributed by atoms with E-state index in [4.69, 9.17) is 4.74 Å². The number of benzene rings is 1.